The third-order valence-corrected chi connectivity index (χ3v) is 3.38. The number of benzene rings is 1. The van der Waals surface area contributed by atoms with Crippen molar-refractivity contribution in [1.82, 2.24) is 5.32 Å². The van der Waals surface area contributed by atoms with Crippen molar-refractivity contribution >= 4 is 5.69 Å². The Balaban J connectivity index is 2.18. The molecular formula is C14H21FN2. The number of halogens is 1. The Morgan fingerprint density at radius 1 is 1.24 bits per heavy atom. The van der Waals surface area contributed by atoms with E-state index in [1.54, 1.807) is 12.1 Å². The van der Waals surface area contributed by atoms with Gasteiger partial charge in [0.2, 0.25) is 0 Å². The summed E-state index contributed by atoms with van der Waals surface area (Å²) < 4.78 is 13.3. The molecule has 1 heterocycles. The van der Waals surface area contributed by atoms with Crippen molar-refractivity contribution in [2.75, 3.05) is 31.6 Å². The molecule has 0 saturated carbocycles. The van der Waals surface area contributed by atoms with E-state index in [2.05, 4.69) is 10.2 Å². The monoisotopic (exact) mass is 236 g/mol. The summed E-state index contributed by atoms with van der Waals surface area (Å²) >= 11 is 0. The predicted molar refractivity (Wildman–Crippen MR) is 70.1 cm³/mol. The molecule has 2 nitrogen and oxygen atoms in total. The van der Waals surface area contributed by atoms with E-state index in [0.29, 0.717) is 0 Å². The van der Waals surface area contributed by atoms with Crippen LogP contribution in [-0.4, -0.2) is 26.7 Å². The number of hydrogen-bond donors (Lipinski definition) is 1. The van der Waals surface area contributed by atoms with Gasteiger partial charge in [0, 0.05) is 18.8 Å². The van der Waals surface area contributed by atoms with Gasteiger partial charge in [-0.15, -0.1) is 0 Å². The second-order valence-electron chi connectivity index (χ2n) is 4.67. The van der Waals surface area contributed by atoms with Crippen molar-refractivity contribution in [3.05, 3.63) is 29.6 Å². The Hall–Kier alpha value is -1.09. The van der Waals surface area contributed by atoms with Crippen molar-refractivity contribution in [2.24, 2.45) is 0 Å². The molecule has 0 bridgehead atoms. The van der Waals surface area contributed by atoms with Crippen molar-refractivity contribution in [3.63, 3.8) is 0 Å². The number of likely N-dealkylation sites (N-methyl/N-ethyl adjacent to an activating group) is 1. The molecule has 0 aliphatic carbocycles. The number of rotatable bonds is 4. The minimum absolute atomic E-state index is 0.128. The first-order valence-electron chi connectivity index (χ1n) is 6.49. The molecule has 1 aromatic carbocycles. The largest absolute Gasteiger partial charge is 0.371 e. The normalized spacial score (nSPS) is 16.2. The number of anilines is 1. The van der Waals surface area contributed by atoms with Crippen molar-refractivity contribution in [3.8, 4) is 0 Å². The molecule has 94 valence electrons. The van der Waals surface area contributed by atoms with Crippen LogP contribution in [0.5, 0.6) is 0 Å². The fourth-order valence-corrected chi connectivity index (χ4v) is 2.46. The highest BCUT2D eigenvalue weighted by atomic mass is 19.1. The van der Waals surface area contributed by atoms with E-state index < -0.39 is 0 Å². The first-order valence-corrected chi connectivity index (χ1v) is 6.49. The Morgan fingerprint density at radius 2 is 2.00 bits per heavy atom. The minimum atomic E-state index is -0.128. The Morgan fingerprint density at radius 3 is 2.71 bits per heavy atom. The fourth-order valence-electron chi connectivity index (χ4n) is 2.46. The van der Waals surface area contributed by atoms with Gasteiger partial charge < -0.3 is 10.2 Å². The summed E-state index contributed by atoms with van der Waals surface area (Å²) in [7, 11) is 1.93. The van der Waals surface area contributed by atoms with Crippen molar-refractivity contribution in [1.29, 1.82) is 0 Å². The van der Waals surface area contributed by atoms with E-state index in [1.807, 2.05) is 13.1 Å². The van der Waals surface area contributed by atoms with Crippen LogP contribution < -0.4 is 10.2 Å². The lowest BCUT2D eigenvalue weighted by Crippen LogP contribution is -2.30. The van der Waals surface area contributed by atoms with Crippen LogP contribution in [0.3, 0.4) is 0 Å². The smallest absolute Gasteiger partial charge is 0.123 e. The summed E-state index contributed by atoms with van der Waals surface area (Å²) in [6.45, 7) is 3.11. The molecule has 2 rings (SSSR count). The zero-order valence-electron chi connectivity index (χ0n) is 10.5. The van der Waals surface area contributed by atoms with Crippen LogP contribution in [0.2, 0.25) is 0 Å². The standard InChI is InChI=1S/C14H21FN2/c1-16-8-7-12-11-13(15)5-6-14(12)17-9-3-2-4-10-17/h5-6,11,16H,2-4,7-10H2,1H3. The maximum absolute atomic E-state index is 13.3. The lowest BCUT2D eigenvalue weighted by molar-refractivity contribution is 0.574. The lowest BCUT2D eigenvalue weighted by Gasteiger charge is -2.30. The Bertz CT molecular complexity index is 359. The van der Waals surface area contributed by atoms with E-state index in [1.165, 1.54) is 24.9 Å². The molecule has 0 aromatic heterocycles. The topological polar surface area (TPSA) is 15.3 Å². The highest BCUT2D eigenvalue weighted by Crippen LogP contribution is 2.25. The number of nitrogens with one attached hydrogen (secondary N) is 1. The Labute approximate surface area is 103 Å². The van der Waals surface area contributed by atoms with E-state index in [0.717, 1.165) is 31.6 Å². The van der Waals surface area contributed by atoms with Gasteiger partial charge in [0.15, 0.2) is 0 Å². The van der Waals surface area contributed by atoms with Crippen LogP contribution in [-0.2, 0) is 6.42 Å². The van der Waals surface area contributed by atoms with Gasteiger partial charge >= 0.3 is 0 Å². The molecule has 1 N–H and O–H groups in total. The van der Waals surface area contributed by atoms with Gasteiger partial charge in [-0.3, -0.25) is 0 Å². The van der Waals surface area contributed by atoms with E-state index >= 15 is 0 Å². The molecule has 0 spiro atoms. The number of hydrogen-bond acceptors (Lipinski definition) is 2. The van der Waals surface area contributed by atoms with Gasteiger partial charge in [-0.2, -0.15) is 0 Å². The zero-order valence-corrected chi connectivity index (χ0v) is 10.5. The van der Waals surface area contributed by atoms with Gasteiger partial charge in [-0.05, 0) is 63.0 Å². The Kier molecular flexibility index (Phi) is 4.37. The first-order chi connectivity index (χ1) is 8.31. The second kappa shape index (κ2) is 6.01. The summed E-state index contributed by atoms with van der Waals surface area (Å²) in [6.07, 6.45) is 4.72. The van der Waals surface area contributed by atoms with Crippen LogP contribution in [0.25, 0.3) is 0 Å². The highest BCUT2D eigenvalue weighted by Gasteiger charge is 2.14. The van der Waals surface area contributed by atoms with Gasteiger partial charge in [0.25, 0.3) is 0 Å². The van der Waals surface area contributed by atoms with Crippen molar-refractivity contribution < 1.29 is 4.39 Å². The molecule has 0 amide bonds. The molecule has 1 aliphatic heterocycles. The number of nitrogens with zero attached hydrogens (tertiary/aromatic N) is 1. The quantitative estimate of drug-likeness (QED) is 0.864. The fraction of sp³-hybridized carbons (Fsp3) is 0.571. The molecule has 0 atom stereocenters. The maximum atomic E-state index is 13.3. The minimum Gasteiger partial charge on any atom is -0.371 e. The highest BCUT2D eigenvalue weighted by molar-refractivity contribution is 5.54. The summed E-state index contributed by atoms with van der Waals surface area (Å²) in [5, 5.41) is 3.12. The van der Waals surface area contributed by atoms with Gasteiger partial charge in [-0.25, -0.2) is 4.39 Å². The maximum Gasteiger partial charge on any atom is 0.123 e. The van der Waals surface area contributed by atoms with Crippen LogP contribution in [0.4, 0.5) is 10.1 Å². The van der Waals surface area contributed by atoms with Gasteiger partial charge in [0.1, 0.15) is 5.82 Å². The lowest BCUT2D eigenvalue weighted by atomic mass is 10.0. The van der Waals surface area contributed by atoms with Gasteiger partial charge in [0.05, 0.1) is 0 Å². The zero-order chi connectivity index (χ0) is 12.1. The molecule has 1 aliphatic rings. The third-order valence-electron chi connectivity index (χ3n) is 3.38. The molecule has 3 heteroatoms. The SMILES string of the molecule is CNCCc1cc(F)ccc1N1CCCCC1. The average molecular weight is 236 g/mol. The predicted octanol–water partition coefficient (Wildman–Crippen LogP) is 2.58. The molecular weight excluding hydrogens is 215 g/mol. The van der Waals surface area contributed by atoms with Crippen LogP contribution in [0, 0.1) is 5.82 Å². The molecule has 1 aromatic rings. The van der Waals surface area contributed by atoms with E-state index in [4.69, 9.17) is 0 Å². The van der Waals surface area contributed by atoms with Gasteiger partial charge in [-0.1, -0.05) is 0 Å². The summed E-state index contributed by atoms with van der Waals surface area (Å²) in [5.74, 6) is -0.128. The third kappa shape index (κ3) is 3.19. The molecule has 1 fully saturated rings. The summed E-state index contributed by atoms with van der Waals surface area (Å²) in [4.78, 5) is 2.40. The van der Waals surface area contributed by atoms with E-state index in [-0.39, 0.29) is 5.82 Å². The molecule has 17 heavy (non-hydrogen) atoms. The van der Waals surface area contributed by atoms with Crippen LogP contribution in [0.1, 0.15) is 24.8 Å². The summed E-state index contributed by atoms with van der Waals surface area (Å²) in [6, 6.07) is 5.19. The number of piperidine rings is 1. The molecule has 1 saturated heterocycles. The molecule has 0 radical (unpaired) electrons. The first kappa shape index (κ1) is 12.4. The van der Waals surface area contributed by atoms with E-state index in [9.17, 15) is 4.39 Å². The average Bonchev–Trinajstić information content (AvgIpc) is 2.37. The second-order valence-corrected chi connectivity index (χ2v) is 4.67. The molecule has 0 unspecified atom stereocenters. The van der Waals surface area contributed by atoms with Crippen molar-refractivity contribution in [2.45, 2.75) is 25.7 Å². The summed E-state index contributed by atoms with van der Waals surface area (Å²) in [5.41, 5.74) is 2.35. The van der Waals surface area contributed by atoms with Crippen LogP contribution >= 0.6 is 0 Å². The van der Waals surface area contributed by atoms with Crippen LogP contribution in [0.15, 0.2) is 18.2 Å².